The number of amides is 1. The van der Waals surface area contributed by atoms with Gasteiger partial charge in [0, 0.05) is 10.7 Å². The number of carbonyl (C=O) groups excluding carboxylic acids is 1. The van der Waals surface area contributed by atoms with Gasteiger partial charge in [0.2, 0.25) is 11.0 Å². The first-order chi connectivity index (χ1) is 13.4. The molecule has 9 heteroatoms. The molecular formula is C19H22ClN5OS2. The highest BCUT2D eigenvalue weighted by molar-refractivity contribution is 8.02. The van der Waals surface area contributed by atoms with Gasteiger partial charge in [-0.15, -0.1) is 10.2 Å². The van der Waals surface area contributed by atoms with Crippen molar-refractivity contribution >= 4 is 51.4 Å². The number of thioether (sulfide) groups is 1. The molecule has 3 rings (SSSR count). The average molecular weight is 436 g/mol. The number of carbonyl (C=O) groups is 1. The number of nitriles is 1. The van der Waals surface area contributed by atoms with E-state index in [-0.39, 0.29) is 11.2 Å². The van der Waals surface area contributed by atoms with Gasteiger partial charge in [-0.25, -0.2) is 0 Å². The lowest BCUT2D eigenvalue weighted by molar-refractivity contribution is -0.121. The molecule has 0 aliphatic heterocycles. The first-order valence-electron chi connectivity index (χ1n) is 9.18. The first-order valence-corrected chi connectivity index (χ1v) is 11.3. The molecule has 1 aliphatic carbocycles. The third-order valence-electron chi connectivity index (χ3n) is 4.85. The van der Waals surface area contributed by atoms with E-state index in [1.807, 2.05) is 32.0 Å². The Labute approximate surface area is 178 Å². The van der Waals surface area contributed by atoms with Gasteiger partial charge >= 0.3 is 0 Å². The molecule has 1 aromatic carbocycles. The van der Waals surface area contributed by atoms with E-state index in [1.165, 1.54) is 23.1 Å². The van der Waals surface area contributed by atoms with Gasteiger partial charge in [-0.1, -0.05) is 60.0 Å². The number of nitrogens with one attached hydrogen (secondary N) is 2. The van der Waals surface area contributed by atoms with Crippen LogP contribution in [0.4, 0.5) is 10.8 Å². The zero-order chi connectivity index (χ0) is 20.1. The van der Waals surface area contributed by atoms with Gasteiger partial charge in [-0.05, 0) is 44.4 Å². The molecular weight excluding hydrogens is 414 g/mol. The molecule has 2 aromatic rings. The van der Waals surface area contributed by atoms with Gasteiger partial charge < -0.3 is 10.6 Å². The summed E-state index contributed by atoms with van der Waals surface area (Å²) in [5.74, 6) is -0.135. The number of anilines is 2. The van der Waals surface area contributed by atoms with E-state index in [4.69, 9.17) is 11.6 Å². The molecule has 1 saturated carbocycles. The predicted octanol–water partition coefficient (Wildman–Crippen LogP) is 5.07. The molecule has 1 amide bonds. The number of aromatic nitrogens is 2. The second-order valence-electron chi connectivity index (χ2n) is 6.91. The van der Waals surface area contributed by atoms with Crippen molar-refractivity contribution in [1.29, 1.82) is 5.26 Å². The summed E-state index contributed by atoms with van der Waals surface area (Å²) in [6.07, 6.45) is 4.51. The normalized spacial score (nSPS) is 16.8. The standard InChI is InChI=1S/C19H22ClN5OS2/c1-12-14(20)7-6-8-15(12)22-17-24-25-18(28-17)27-13(2)16(26)23-19(11-21)9-4-3-5-10-19/h6-8,13H,3-5,9-10H2,1-2H3,(H,22,24)(H,23,26). The number of halogens is 1. The van der Waals surface area contributed by atoms with Crippen molar-refractivity contribution in [1.82, 2.24) is 15.5 Å². The SMILES string of the molecule is Cc1c(Cl)cccc1Nc1nnc(SC(C)C(=O)NC2(C#N)CCCCC2)s1. The number of hydrogen-bond acceptors (Lipinski definition) is 7. The molecule has 0 saturated heterocycles. The molecule has 28 heavy (non-hydrogen) atoms. The van der Waals surface area contributed by atoms with Crippen LogP contribution in [0.2, 0.25) is 5.02 Å². The van der Waals surface area contributed by atoms with Crippen molar-refractivity contribution in [3.05, 3.63) is 28.8 Å². The van der Waals surface area contributed by atoms with Crippen LogP contribution in [0.3, 0.4) is 0 Å². The molecule has 1 aromatic heterocycles. The van der Waals surface area contributed by atoms with Crippen LogP contribution in [0, 0.1) is 18.3 Å². The Hall–Kier alpha value is -1.82. The summed E-state index contributed by atoms with van der Waals surface area (Å²) in [6, 6.07) is 7.96. The van der Waals surface area contributed by atoms with Gasteiger partial charge in [-0.2, -0.15) is 5.26 Å². The highest BCUT2D eigenvalue weighted by Gasteiger charge is 2.35. The molecule has 148 valence electrons. The van der Waals surface area contributed by atoms with E-state index in [0.717, 1.165) is 43.4 Å². The maximum Gasteiger partial charge on any atom is 0.234 e. The first kappa shape index (κ1) is 20.9. The van der Waals surface area contributed by atoms with Crippen molar-refractivity contribution < 1.29 is 4.79 Å². The molecule has 1 unspecified atom stereocenters. The number of benzene rings is 1. The van der Waals surface area contributed by atoms with Gasteiger partial charge in [0.1, 0.15) is 5.54 Å². The van der Waals surface area contributed by atoms with E-state index in [0.29, 0.717) is 14.5 Å². The van der Waals surface area contributed by atoms with Crippen LogP contribution in [-0.2, 0) is 4.79 Å². The molecule has 1 aliphatic rings. The zero-order valence-corrected chi connectivity index (χ0v) is 18.2. The van der Waals surface area contributed by atoms with E-state index >= 15 is 0 Å². The fraction of sp³-hybridized carbons (Fsp3) is 0.474. The quantitative estimate of drug-likeness (QED) is 0.615. The molecule has 2 N–H and O–H groups in total. The second kappa shape index (κ2) is 9.12. The summed E-state index contributed by atoms with van der Waals surface area (Å²) < 4.78 is 0.694. The predicted molar refractivity (Wildman–Crippen MR) is 114 cm³/mol. The molecule has 0 bridgehead atoms. The lowest BCUT2D eigenvalue weighted by atomic mass is 9.83. The Morgan fingerprint density at radius 1 is 1.36 bits per heavy atom. The van der Waals surface area contributed by atoms with Gasteiger partial charge in [-0.3, -0.25) is 4.79 Å². The fourth-order valence-corrected chi connectivity index (χ4v) is 5.21. The summed E-state index contributed by atoms with van der Waals surface area (Å²) in [5, 5.41) is 25.0. The van der Waals surface area contributed by atoms with Crippen LogP contribution in [0.25, 0.3) is 0 Å². The van der Waals surface area contributed by atoms with Gasteiger partial charge in [0.25, 0.3) is 0 Å². The van der Waals surface area contributed by atoms with Crippen molar-refractivity contribution in [3.63, 3.8) is 0 Å². The van der Waals surface area contributed by atoms with Crippen LogP contribution in [-0.4, -0.2) is 26.9 Å². The van der Waals surface area contributed by atoms with Crippen LogP contribution in [0.15, 0.2) is 22.5 Å². The maximum absolute atomic E-state index is 12.6. The average Bonchev–Trinajstić information content (AvgIpc) is 3.13. The highest BCUT2D eigenvalue weighted by Crippen LogP contribution is 2.33. The monoisotopic (exact) mass is 435 g/mol. The zero-order valence-electron chi connectivity index (χ0n) is 15.8. The Balaban J connectivity index is 1.60. The third-order valence-corrected chi connectivity index (χ3v) is 7.28. The third kappa shape index (κ3) is 4.96. The van der Waals surface area contributed by atoms with Gasteiger partial charge in [0.05, 0.1) is 11.3 Å². The van der Waals surface area contributed by atoms with Crippen LogP contribution in [0.1, 0.15) is 44.6 Å². The second-order valence-corrected chi connectivity index (χ2v) is 9.89. The number of rotatable bonds is 6. The van der Waals surface area contributed by atoms with Crippen molar-refractivity contribution in [3.8, 4) is 6.07 Å². The number of nitrogens with zero attached hydrogens (tertiary/aromatic N) is 3. The smallest absolute Gasteiger partial charge is 0.234 e. The van der Waals surface area contributed by atoms with Crippen molar-refractivity contribution in [2.45, 2.75) is 61.1 Å². The lowest BCUT2D eigenvalue weighted by Crippen LogP contribution is -2.50. The summed E-state index contributed by atoms with van der Waals surface area (Å²) in [6.45, 7) is 3.76. The van der Waals surface area contributed by atoms with E-state index in [1.54, 1.807) is 0 Å². The molecule has 0 spiro atoms. The van der Waals surface area contributed by atoms with E-state index in [2.05, 4.69) is 26.9 Å². The Morgan fingerprint density at radius 3 is 2.82 bits per heavy atom. The Bertz CT molecular complexity index is 889. The van der Waals surface area contributed by atoms with Crippen molar-refractivity contribution in [2.24, 2.45) is 0 Å². The molecule has 1 heterocycles. The van der Waals surface area contributed by atoms with Crippen molar-refractivity contribution in [2.75, 3.05) is 5.32 Å². The van der Waals surface area contributed by atoms with E-state index < -0.39 is 5.54 Å². The van der Waals surface area contributed by atoms with E-state index in [9.17, 15) is 10.1 Å². The highest BCUT2D eigenvalue weighted by atomic mass is 35.5. The molecule has 0 radical (unpaired) electrons. The largest absolute Gasteiger partial charge is 0.337 e. The summed E-state index contributed by atoms with van der Waals surface area (Å²) in [5.41, 5.74) is 1.09. The Morgan fingerprint density at radius 2 is 2.11 bits per heavy atom. The summed E-state index contributed by atoms with van der Waals surface area (Å²) >= 11 is 8.87. The van der Waals surface area contributed by atoms with Crippen LogP contribution < -0.4 is 10.6 Å². The fourth-order valence-electron chi connectivity index (χ4n) is 3.13. The Kier molecular flexibility index (Phi) is 6.81. The summed E-state index contributed by atoms with van der Waals surface area (Å²) in [4.78, 5) is 12.6. The van der Waals surface area contributed by atoms with Crippen LogP contribution >= 0.6 is 34.7 Å². The molecule has 1 atom stereocenters. The lowest BCUT2D eigenvalue weighted by Gasteiger charge is -2.32. The molecule has 6 nitrogen and oxygen atoms in total. The molecule has 1 fully saturated rings. The summed E-state index contributed by atoms with van der Waals surface area (Å²) in [7, 11) is 0. The minimum absolute atomic E-state index is 0.135. The topological polar surface area (TPSA) is 90.7 Å². The number of hydrogen-bond donors (Lipinski definition) is 2. The minimum Gasteiger partial charge on any atom is -0.337 e. The van der Waals surface area contributed by atoms with Crippen LogP contribution in [0.5, 0.6) is 0 Å². The van der Waals surface area contributed by atoms with Gasteiger partial charge in [0.15, 0.2) is 4.34 Å². The maximum atomic E-state index is 12.6. The minimum atomic E-state index is -0.720.